The Kier molecular flexibility index (Phi) is 3.09. The van der Waals surface area contributed by atoms with Crippen LogP contribution in [-0.4, -0.2) is 11.9 Å². The van der Waals surface area contributed by atoms with Crippen LogP contribution < -0.4 is 5.32 Å². The van der Waals surface area contributed by atoms with Gasteiger partial charge in [0, 0.05) is 6.04 Å². The molecule has 0 radical (unpaired) electrons. The fourth-order valence-electron chi connectivity index (χ4n) is 2.19. The number of amides is 1. The molecule has 0 aliphatic heterocycles. The number of rotatable bonds is 3. The summed E-state index contributed by atoms with van der Waals surface area (Å²) in [6.07, 6.45) is 3.42. The zero-order chi connectivity index (χ0) is 11.5. The Morgan fingerprint density at radius 2 is 2.25 bits per heavy atom. The quantitative estimate of drug-likeness (QED) is 0.771. The van der Waals surface area contributed by atoms with E-state index in [0.717, 1.165) is 12.8 Å². The van der Waals surface area contributed by atoms with Crippen LogP contribution >= 0.6 is 0 Å². The summed E-state index contributed by atoms with van der Waals surface area (Å²) in [7, 11) is 0. The highest BCUT2D eigenvalue weighted by Gasteiger charge is 2.30. The SMILES string of the molecule is C=CC(=O)NC1CC(c2cccc(C)c2)C1. The number of aryl methyl sites for hydroxylation is 1. The van der Waals surface area contributed by atoms with Crippen molar-refractivity contribution in [2.45, 2.75) is 31.7 Å². The van der Waals surface area contributed by atoms with Gasteiger partial charge in [-0.3, -0.25) is 4.79 Å². The lowest BCUT2D eigenvalue weighted by atomic mass is 9.75. The predicted octanol–water partition coefficient (Wildman–Crippen LogP) is 2.54. The van der Waals surface area contributed by atoms with Crippen LogP contribution in [0.15, 0.2) is 36.9 Å². The summed E-state index contributed by atoms with van der Waals surface area (Å²) in [5.74, 6) is 0.544. The molecule has 2 nitrogen and oxygen atoms in total. The third-order valence-corrected chi connectivity index (χ3v) is 3.18. The highest BCUT2D eigenvalue weighted by atomic mass is 16.1. The number of hydrogen-bond acceptors (Lipinski definition) is 1. The minimum atomic E-state index is -0.0623. The average Bonchev–Trinajstić information content (AvgIpc) is 2.22. The number of carbonyl (C=O) groups is 1. The molecule has 0 atom stereocenters. The third kappa shape index (κ3) is 2.32. The molecule has 0 unspecified atom stereocenters. The molecule has 0 bridgehead atoms. The predicted molar refractivity (Wildman–Crippen MR) is 65.3 cm³/mol. The fraction of sp³-hybridized carbons (Fsp3) is 0.357. The van der Waals surface area contributed by atoms with Crippen LogP contribution in [0, 0.1) is 6.92 Å². The number of hydrogen-bond donors (Lipinski definition) is 1. The van der Waals surface area contributed by atoms with Crippen molar-refractivity contribution in [3.8, 4) is 0 Å². The molecule has 1 amide bonds. The van der Waals surface area contributed by atoms with Crippen molar-refractivity contribution in [2.75, 3.05) is 0 Å². The maximum Gasteiger partial charge on any atom is 0.243 e. The first-order chi connectivity index (χ1) is 7.69. The second kappa shape index (κ2) is 4.52. The molecule has 1 aromatic carbocycles. The lowest BCUT2D eigenvalue weighted by molar-refractivity contribution is -0.117. The molecule has 2 heteroatoms. The van der Waals surface area contributed by atoms with Gasteiger partial charge in [0.15, 0.2) is 0 Å². The largest absolute Gasteiger partial charge is 0.350 e. The van der Waals surface area contributed by atoms with E-state index in [1.807, 2.05) is 0 Å². The van der Waals surface area contributed by atoms with E-state index < -0.39 is 0 Å². The van der Waals surface area contributed by atoms with Gasteiger partial charge in [-0.25, -0.2) is 0 Å². The molecular weight excluding hydrogens is 198 g/mol. The van der Waals surface area contributed by atoms with Gasteiger partial charge >= 0.3 is 0 Å². The van der Waals surface area contributed by atoms with Gasteiger partial charge < -0.3 is 5.32 Å². The second-order valence-electron chi connectivity index (χ2n) is 4.49. The van der Waals surface area contributed by atoms with Crippen molar-refractivity contribution < 1.29 is 4.79 Å². The van der Waals surface area contributed by atoms with Crippen LogP contribution in [0.25, 0.3) is 0 Å². The molecule has 1 N–H and O–H groups in total. The monoisotopic (exact) mass is 215 g/mol. The Hall–Kier alpha value is -1.57. The Morgan fingerprint density at radius 3 is 2.88 bits per heavy atom. The van der Waals surface area contributed by atoms with Gasteiger partial charge in [-0.15, -0.1) is 0 Å². The van der Waals surface area contributed by atoms with E-state index in [1.165, 1.54) is 17.2 Å². The van der Waals surface area contributed by atoms with Crippen molar-refractivity contribution in [1.29, 1.82) is 0 Å². The van der Waals surface area contributed by atoms with Gasteiger partial charge in [-0.1, -0.05) is 36.4 Å². The summed E-state index contributed by atoms with van der Waals surface area (Å²) in [6, 6.07) is 8.94. The number of nitrogens with one attached hydrogen (secondary N) is 1. The van der Waals surface area contributed by atoms with Gasteiger partial charge in [0.2, 0.25) is 5.91 Å². The molecule has 1 fully saturated rings. The van der Waals surface area contributed by atoms with E-state index in [0.29, 0.717) is 12.0 Å². The Labute approximate surface area is 96.4 Å². The highest BCUT2D eigenvalue weighted by Crippen LogP contribution is 2.36. The first kappa shape index (κ1) is 10.9. The van der Waals surface area contributed by atoms with E-state index in [9.17, 15) is 4.79 Å². The second-order valence-corrected chi connectivity index (χ2v) is 4.49. The Morgan fingerprint density at radius 1 is 1.50 bits per heavy atom. The zero-order valence-corrected chi connectivity index (χ0v) is 9.57. The number of carbonyl (C=O) groups excluding carboxylic acids is 1. The molecule has 84 valence electrons. The fourth-order valence-corrected chi connectivity index (χ4v) is 2.19. The Bertz CT molecular complexity index is 405. The van der Waals surface area contributed by atoms with Crippen molar-refractivity contribution >= 4 is 5.91 Å². The van der Waals surface area contributed by atoms with Crippen LogP contribution in [0.3, 0.4) is 0 Å². The molecule has 2 rings (SSSR count). The first-order valence-corrected chi connectivity index (χ1v) is 5.68. The topological polar surface area (TPSA) is 29.1 Å². The van der Waals surface area contributed by atoms with Crippen LogP contribution in [0.5, 0.6) is 0 Å². The highest BCUT2D eigenvalue weighted by molar-refractivity contribution is 5.87. The normalized spacial score (nSPS) is 23.3. The summed E-state index contributed by atoms with van der Waals surface area (Å²) < 4.78 is 0. The van der Waals surface area contributed by atoms with Gasteiger partial charge in [0.1, 0.15) is 0 Å². The van der Waals surface area contributed by atoms with E-state index >= 15 is 0 Å². The lowest BCUT2D eigenvalue weighted by Crippen LogP contribution is -2.42. The maximum absolute atomic E-state index is 11.1. The van der Waals surface area contributed by atoms with E-state index in [1.54, 1.807) is 0 Å². The standard InChI is InChI=1S/C14H17NO/c1-3-14(16)15-13-8-12(9-13)11-6-4-5-10(2)7-11/h3-7,12-13H,1,8-9H2,2H3,(H,15,16). The minimum Gasteiger partial charge on any atom is -0.350 e. The van der Waals surface area contributed by atoms with Crippen molar-refractivity contribution in [3.63, 3.8) is 0 Å². The van der Waals surface area contributed by atoms with Crippen molar-refractivity contribution in [3.05, 3.63) is 48.0 Å². The van der Waals surface area contributed by atoms with Crippen LogP contribution in [0.1, 0.15) is 29.9 Å². The van der Waals surface area contributed by atoms with Gasteiger partial charge in [0.05, 0.1) is 0 Å². The van der Waals surface area contributed by atoms with Crippen LogP contribution in [0.4, 0.5) is 0 Å². The molecule has 16 heavy (non-hydrogen) atoms. The third-order valence-electron chi connectivity index (χ3n) is 3.18. The van der Waals surface area contributed by atoms with Gasteiger partial charge in [-0.05, 0) is 37.3 Å². The molecule has 0 spiro atoms. The molecule has 1 aliphatic carbocycles. The summed E-state index contributed by atoms with van der Waals surface area (Å²) in [5.41, 5.74) is 2.69. The summed E-state index contributed by atoms with van der Waals surface area (Å²) in [6.45, 7) is 5.56. The smallest absolute Gasteiger partial charge is 0.243 e. The summed E-state index contributed by atoms with van der Waals surface area (Å²) >= 11 is 0. The number of benzene rings is 1. The average molecular weight is 215 g/mol. The molecule has 1 aliphatic rings. The molecule has 0 saturated heterocycles. The Balaban J connectivity index is 1.88. The van der Waals surface area contributed by atoms with Gasteiger partial charge in [-0.2, -0.15) is 0 Å². The van der Waals surface area contributed by atoms with E-state index in [2.05, 4.69) is 43.1 Å². The zero-order valence-electron chi connectivity index (χ0n) is 9.57. The van der Waals surface area contributed by atoms with Crippen LogP contribution in [0.2, 0.25) is 0 Å². The first-order valence-electron chi connectivity index (χ1n) is 5.68. The van der Waals surface area contributed by atoms with Crippen molar-refractivity contribution in [1.82, 2.24) is 5.32 Å². The van der Waals surface area contributed by atoms with Crippen LogP contribution in [-0.2, 0) is 4.79 Å². The molecule has 1 aromatic rings. The van der Waals surface area contributed by atoms with E-state index in [-0.39, 0.29) is 5.91 Å². The van der Waals surface area contributed by atoms with Crippen molar-refractivity contribution in [2.24, 2.45) is 0 Å². The minimum absolute atomic E-state index is 0.0623. The molecule has 0 heterocycles. The maximum atomic E-state index is 11.1. The van der Waals surface area contributed by atoms with E-state index in [4.69, 9.17) is 0 Å². The molecule has 1 saturated carbocycles. The van der Waals surface area contributed by atoms with Gasteiger partial charge in [0.25, 0.3) is 0 Å². The summed E-state index contributed by atoms with van der Waals surface area (Å²) in [4.78, 5) is 11.1. The molecular formula is C14H17NO. The lowest BCUT2D eigenvalue weighted by Gasteiger charge is -2.36. The summed E-state index contributed by atoms with van der Waals surface area (Å²) in [5, 5.41) is 2.92. The molecule has 0 aromatic heterocycles.